The first-order valence-corrected chi connectivity index (χ1v) is 7.50. The molecular formula is C13H22BrN3. The maximum Gasteiger partial charge on any atom is 0.0635 e. The molecule has 2 unspecified atom stereocenters. The van der Waals surface area contributed by atoms with E-state index in [1.54, 1.807) is 0 Å². The number of nitrogens with one attached hydrogen (secondary N) is 1. The van der Waals surface area contributed by atoms with Gasteiger partial charge in [-0.3, -0.25) is 4.68 Å². The van der Waals surface area contributed by atoms with Gasteiger partial charge in [-0.1, -0.05) is 13.3 Å². The third kappa shape index (κ3) is 2.91. The molecule has 1 aliphatic carbocycles. The summed E-state index contributed by atoms with van der Waals surface area (Å²) in [6, 6.07) is 0.686. The van der Waals surface area contributed by atoms with Crippen LogP contribution in [0, 0.1) is 0 Å². The Bertz CT molecular complexity index is 360. The second kappa shape index (κ2) is 6.01. The maximum atomic E-state index is 4.43. The lowest BCUT2D eigenvalue weighted by atomic mass is 9.83. The van der Waals surface area contributed by atoms with Crippen LogP contribution in [-0.4, -0.2) is 22.4 Å². The Kier molecular flexibility index (Phi) is 4.62. The Morgan fingerprint density at radius 3 is 3.00 bits per heavy atom. The van der Waals surface area contributed by atoms with Crippen molar-refractivity contribution in [3.05, 3.63) is 16.4 Å². The molecule has 0 radical (unpaired) electrons. The highest BCUT2D eigenvalue weighted by Crippen LogP contribution is 2.36. The van der Waals surface area contributed by atoms with E-state index in [1.165, 1.54) is 35.8 Å². The zero-order valence-electron chi connectivity index (χ0n) is 10.7. The lowest BCUT2D eigenvalue weighted by molar-refractivity contribution is 0.332. The van der Waals surface area contributed by atoms with E-state index < -0.39 is 0 Å². The van der Waals surface area contributed by atoms with Gasteiger partial charge >= 0.3 is 0 Å². The van der Waals surface area contributed by atoms with E-state index in [9.17, 15) is 0 Å². The fourth-order valence-electron chi connectivity index (χ4n) is 2.94. The third-order valence-corrected chi connectivity index (χ3v) is 4.30. The molecule has 1 saturated carbocycles. The third-order valence-electron chi connectivity index (χ3n) is 3.69. The molecule has 0 amide bonds. The molecule has 2 rings (SSSR count). The molecular weight excluding hydrogens is 278 g/mol. The first-order chi connectivity index (χ1) is 8.26. The molecule has 1 aromatic heterocycles. The van der Waals surface area contributed by atoms with Crippen LogP contribution in [0.4, 0.5) is 0 Å². The van der Waals surface area contributed by atoms with E-state index in [1.807, 2.05) is 6.20 Å². The van der Waals surface area contributed by atoms with Crippen molar-refractivity contribution < 1.29 is 0 Å². The van der Waals surface area contributed by atoms with Crippen LogP contribution in [0.15, 0.2) is 10.7 Å². The van der Waals surface area contributed by atoms with Gasteiger partial charge in [-0.2, -0.15) is 5.10 Å². The minimum Gasteiger partial charge on any atom is -0.314 e. The molecule has 2 atom stereocenters. The van der Waals surface area contributed by atoms with Gasteiger partial charge in [-0.05, 0) is 48.7 Å². The maximum absolute atomic E-state index is 4.43. The molecule has 1 aromatic rings. The summed E-state index contributed by atoms with van der Waals surface area (Å²) < 4.78 is 3.32. The summed E-state index contributed by atoms with van der Waals surface area (Å²) in [6.07, 6.45) is 7.13. The van der Waals surface area contributed by atoms with Crippen molar-refractivity contribution in [1.82, 2.24) is 15.1 Å². The van der Waals surface area contributed by atoms with Crippen molar-refractivity contribution in [3.63, 3.8) is 0 Å². The lowest BCUT2D eigenvalue weighted by Crippen LogP contribution is -2.33. The molecule has 3 nitrogen and oxygen atoms in total. The van der Waals surface area contributed by atoms with Gasteiger partial charge in [0.15, 0.2) is 0 Å². The van der Waals surface area contributed by atoms with Crippen molar-refractivity contribution in [1.29, 1.82) is 0 Å². The Labute approximate surface area is 112 Å². The summed E-state index contributed by atoms with van der Waals surface area (Å²) in [6.45, 7) is 6.39. The zero-order chi connectivity index (χ0) is 12.3. The zero-order valence-corrected chi connectivity index (χ0v) is 12.3. The molecule has 1 fully saturated rings. The summed E-state index contributed by atoms with van der Waals surface area (Å²) in [5.41, 5.74) is 1.40. The van der Waals surface area contributed by atoms with Crippen LogP contribution >= 0.6 is 15.9 Å². The molecule has 96 valence electrons. The van der Waals surface area contributed by atoms with Gasteiger partial charge in [0, 0.05) is 18.5 Å². The smallest absolute Gasteiger partial charge is 0.0635 e. The molecule has 1 N–H and O–H groups in total. The SMILES string of the molecule is CCNC1CCCC(c2c(Br)cnn2CC)C1. The van der Waals surface area contributed by atoms with Gasteiger partial charge < -0.3 is 5.32 Å². The molecule has 0 spiro atoms. The largest absolute Gasteiger partial charge is 0.314 e. The van der Waals surface area contributed by atoms with Crippen molar-refractivity contribution in [2.75, 3.05) is 6.54 Å². The van der Waals surface area contributed by atoms with Crippen LogP contribution in [0.2, 0.25) is 0 Å². The Hall–Kier alpha value is -0.350. The predicted octanol–water partition coefficient (Wildman–Crippen LogP) is 3.30. The van der Waals surface area contributed by atoms with Gasteiger partial charge in [-0.15, -0.1) is 0 Å². The minimum atomic E-state index is 0.657. The number of hydrogen-bond acceptors (Lipinski definition) is 2. The second-order valence-electron chi connectivity index (χ2n) is 4.81. The minimum absolute atomic E-state index is 0.657. The second-order valence-corrected chi connectivity index (χ2v) is 5.67. The molecule has 1 aliphatic rings. The van der Waals surface area contributed by atoms with Crippen LogP contribution in [-0.2, 0) is 6.54 Å². The van der Waals surface area contributed by atoms with E-state index in [2.05, 4.69) is 44.9 Å². The van der Waals surface area contributed by atoms with Gasteiger partial charge in [0.2, 0.25) is 0 Å². The average molecular weight is 300 g/mol. The molecule has 0 saturated heterocycles. The number of aryl methyl sites for hydroxylation is 1. The lowest BCUT2D eigenvalue weighted by Gasteiger charge is -2.30. The van der Waals surface area contributed by atoms with E-state index in [0.29, 0.717) is 12.0 Å². The summed E-state index contributed by atoms with van der Waals surface area (Å²) >= 11 is 3.65. The van der Waals surface area contributed by atoms with E-state index in [0.717, 1.165) is 13.1 Å². The molecule has 4 heteroatoms. The van der Waals surface area contributed by atoms with Gasteiger partial charge in [-0.25, -0.2) is 0 Å². The van der Waals surface area contributed by atoms with Gasteiger partial charge in [0.25, 0.3) is 0 Å². The first-order valence-electron chi connectivity index (χ1n) is 6.70. The summed E-state index contributed by atoms with van der Waals surface area (Å²) in [7, 11) is 0. The summed E-state index contributed by atoms with van der Waals surface area (Å²) in [4.78, 5) is 0. The Morgan fingerprint density at radius 2 is 2.29 bits per heavy atom. The highest BCUT2D eigenvalue weighted by atomic mass is 79.9. The fraction of sp³-hybridized carbons (Fsp3) is 0.769. The van der Waals surface area contributed by atoms with Crippen LogP contribution < -0.4 is 5.32 Å². The standard InChI is InChI=1S/C13H22BrN3/c1-3-15-11-7-5-6-10(8-11)13-12(14)9-16-17(13)4-2/h9-11,15H,3-8H2,1-2H3. The van der Waals surface area contributed by atoms with Gasteiger partial charge in [0.05, 0.1) is 16.4 Å². The van der Waals surface area contributed by atoms with Crippen LogP contribution in [0.1, 0.15) is 51.1 Å². The predicted molar refractivity (Wildman–Crippen MR) is 74.3 cm³/mol. The van der Waals surface area contributed by atoms with E-state index in [-0.39, 0.29) is 0 Å². The molecule has 0 aromatic carbocycles. The van der Waals surface area contributed by atoms with Crippen LogP contribution in [0.25, 0.3) is 0 Å². The molecule has 0 bridgehead atoms. The number of aromatic nitrogens is 2. The number of halogens is 1. The molecule has 17 heavy (non-hydrogen) atoms. The highest BCUT2D eigenvalue weighted by molar-refractivity contribution is 9.10. The van der Waals surface area contributed by atoms with Crippen molar-refractivity contribution in [2.24, 2.45) is 0 Å². The van der Waals surface area contributed by atoms with Crippen molar-refractivity contribution in [2.45, 2.75) is 58.0 Å². The van der Waals surface area contributed by atoms with Crippen LogP contribution in [0.5, 0.6) is 0 Å². The van der Waals surface area contributed by atoms with E-state index in [4.69, 9.17) is 0 Å². The quantitative estimate of drug-likeness (QED) is 0.924. The van der Waals surface area contributed by atoms with Gasteiger partial charge in [0.1, 0.15) is 0 Å². The molecule has 0 aliphatic heterocycles. The Balaban J connectivity index is 2.12. The first kappa shape index (κ1) is 13.1. The van der Waals surface area contributed by atoms with E-state index >= 15 is 0 Å². The topological polar surface area (TPSA) is 29.9 Å². The summed E-state index contributed by atoms with van der Waals surface area (Å²) in [5.74, 6) is 0.657. The van der Waals surface area contributed by atoms with Crippen molar-refractivity contribution in [3.8, 4) is 0 Å². The number of hydrogen-bond donors (Lipinski definition) is 1. The van der Waals surface area contributed by atoms with Crippen molar-refractivity contribution >= 4 is 15.9 Å². The Morgan fingerprint density at radius 1 is 1.47 bits per heavy atom. The molecule has 1 heterocycles. The highest BCUT2D eigenvalue weighted by Gasteiger charge is 2.26. The number of nitrogens with zero attached hydrogens (tertiary/aromatic N) is 2. The summed E-state index contributed by atoms with van der Waals surface area (Å²) in [5, 5.41) is 8.02. The van der Waals surface area contributed by atoms with Crippen LogP contribution in [0.3, 0.4) is 0 Å². The fourth-order valence-corrected chi connectivity index (χ4v) is 3.56. The number of rotatable bonds is 4. The normalized spacial score (nSPS) is 25.1. The monoisotopic (exact) mass is 299 g/mol. The average Bonchev–Trinajstić information content (AvgIpc) is 2.71.